The van der Waals surface area contributed by atoms with Crippen LogP contribution in [0, 0.1) is 5.92 Å². The minimum absolute atomic E-state index is 0.212. The van der Waals surface area contributed by atoms with Crippen molar-refractivity contribution in [1.82, 2.24) is 0 Å². The summed E-state index contributed by atoms with van der Waals surface area (Å²) in [6, 6.07) is 9.44. The summed E-state index contributed by atoms with van der Waals surface area (Å²) in [4.78, 5) is 6.06. The molecule has 1 aromatic carbocycles. The van der Waals surface area contributed by atoms with Crippen LogP contribution < -0.4 is 5.06 Å². The first-order valence-electron chi connectivity index (χ1n) is 7.11. The lowest BCUT2D eigenvalue weighted by Crippen LogP contribution is -2.31. The van der Waals surface area contributed by atoms with E-state index in [9.17, 15) is 0 Å². The Morgan fingerprint density at radius 2 is 1.84 bits per heavy atom. The fraction of sp³-hybridized carbons (Fsp3) is 0.625. The van der Waals surface area contributed by atoms with Gasteiger partial charge in [0.2, 0.25) is 0 Å². The molecule has 2 aliphatic heterocycles. The number of fused-ring (bicyclic) bond motifs is 1. The number of hydroxylamine groups is 1. The Kier molecular flexibility index (Phi) is 3.30. The second-order valence-electron chi connectivity index (χ2n) is 6.70. The number of nitrogens with zero attached hydrogens (tertiary/aromatic N) is 1. The highest BCUT2D eigenvalue weighted by Crippen LogP contribution is 2.40. The molecule has 2 saturated heterocycles. The lowest BCUT2D eigenvalue weighted by atomic mass is 9.87. The first-order valence-corrected chi connectivity index (χ1v) is 8.26. The average Bonchev–Trinajstić information content (AvgIpc) is 2.93. The van der Waals surface area contributed by atoms with Crippen LogP contribution in [-0.4, -0.2) is 23.7 Å². The van der Waals surface area contributed by atoms with Crippen molar-refractivity contribution < 1.29 is 4.84 Å². The molecule has 0 amide bonds. The smallest absolute Gasteiger partial charge is 0.0885 e. The van der Waals surface area contributed by atoms with Gasteiger partial charge in [-0.1, -0.05) is 32.9 Å². The number of hydrogen-bond donors (Lipinski definition) is 0. The van der Waals surface area contributed by atoms with Gasteiger partial charge in [0.1, 0.15) is 0 Å². The quantitative estimate of drug-likeness (QED) is 0.773. The third-order valence-electron chi connectivity index (χ3n) is 4.26. The summed E-state index contributed by atoms with van der Waals surface area (Å²) in [5.41, 5.74) is 2.79. The van der Waals surface area contributed by atoms with Gasteiger partial charge in [-0.05, 0) is 30.0 Å². The van der Waals surface area contributed by atoms with E-state index in [2.05, 4.69) is 68.8 Å². The molecule has 2 heterocycles. The van der Waals surface area contributed by atoms with Crippen LogP contribution in [0.2, 0.25) is 0 Å². The maximum atomic E-state index is 6.06. The monoisotopic (exact) mass is 277 g/mol. The van der Waals surface area contributed by atoms with Crippen LogP contribution in [0.1, 0.15) is 33.3 Å². The molecule has 19 heavy (non-hydrogen) atoms. The van der Waals surface area contributed by atoms with Crippen molar-refractivity contribution in [2.45, 2.75) is 45.3 Å². The van der Waals surface area contributed by atoms with E-state index >= 15 is 0 Å². The zero-order chi connectivity index (χ0) is 13.6. The molecule has 2 nitrogen and oxygen atoms in total. The van der Waals surface area contributed by atoms with Gasteiger partial charge in [-0.3, -0.25) is 4.84 Å². The van der Waals surface area contributed by atoms with E-state index in [1.54, 1.807) is 0 Å². The van der Waals surface area contributed by atoms with Crippen LogP contribution in [0.3, 0.4) is 0 Å². The van der Waals surface area contributed by atoms with Crippen molar-refractivity contribution in [2.24, 2.45) is 5.92 Å². The standard InChI is InChI=1S/C16H23NOS/c1-11-14-9-19-10-15(14)17(18-11)13-7-5-12(6-8-13)16(2,3)4/h5-8,11,14-15H,9-10H2,1-4H3/t11-,14+,15+/m0/s1. The van der Waals surface area contributed by atoms with Crippen molar-refractivity contribution in [3.05, 3.63) is 29.8 Å². The van der Waals surface area contributed by atoms with Gasteiger partial charge < -0.3 is 0 Å². The summed E-state index contributed by atoms with van der Waals surface area (Å²) in [5, 5.41) is 2.15. The first kappa shape index (κ1) is 13.3. The van der Waals surface area contributed by atoms with E-state index in [4.69, 9.17) is 4.84 Å². The summed E-state index contributed by atoms with van der Waals surface area (Å²) >= 11 is 2.05. The highest BCUT2D eigenvalue weighted by molar-refractivity contribution is 7.99. The molecule has 3 heteroatoms. The van der Waals surface area contributed by atoms with Gasteiger partial charge >= 0.3 is 0 Å². The van der Waals surface area contributed by atoms with E-state index in [1.807, 2.05) is 0 Å². The maximum absolute atomic E-state index is 6.06. The molecule has 0 unspecified atom stereocenters. The van der Waals surface area contributed by atoms with Crippen molar-refractivity contribution in [3.8, 4) is 0 Å². The van der Waals surface area contributed by atoms with Crippen molar-refractivity contribution >= 4 is 17.4 Å². The predicted octanol–water partition coefficient (Wildman–Crippen LogP) is 3.86. The van der Waals surface area contributed by atoms with Gasteiger partial charge in [-0.2, -0.15) is 11.8 Å². The van der Waals surface area contributed by atoms with Crippen molar-refractivity contribution in [2.75, 3.05) is 16.6 Å². The molecule has 0 aliphatic carbocycles. The fourth-order valence-electron chi connectivity index (χ4n) is 2.95. The summed E-state index contributed by atoms with van der Waals surface area (Å²) in [5.74, 6) is 3.12. The molecule has 0 N–H and O–H groups in total. The fourth-order valence-corrected chi connectivity index (χ4v) is 4.47. The molecule has 0 spiro atoms. The Morgan fingerprint density at radius 3 is 2.47 bits per heavy atom. The molecule has 2 aliphatic rings. The predicted molar refractivity (Wildman–Crippen MR) is 82.8 cm³/mol. The van der Waals surface area contributed by atoms with E-state index < -0.39 is 0 Å². The number of benzene rings is 1. The largest absolute Gasteiger partial charge is 0.270 e. The Bertz CT molecular complexity index is 451. The summed E-state index contributed by atoms with van der Waals surface area (Å²) in [6.45, 7) is 8.95. The van der Waals surface area contributed by atoms with E-state index in [-0.39, 0.29) is 5.41 Å². The molecule has 3 rings (SSSR count). The van der Waals surface area contributed by atoms with Crippen molar-refractivity contribution in [3.63, 3.8) is 0 Å². The van der Waals surface area contributed by atoms with Crippen LogP contribution in [0.25, 0.3) is 0 Å². The van der Waals surface area contributed by atoms with Crippen LogP contribution in [0.4, 0.5) is 5.69 Å². The minimum atomic E-state index is 0.212. The third kappa shape index (κ3) is 2.38. The summed E-state index contributed by atoms with van der Waals surface area (Å²) in [6.07, 6.45) is 0.349. The number of hydrogen-bond acceptors (Lipinski definition) is 3. The Balaban J connectivity index is 1.83. The summed E-state index contributed by atoms with van der Waals surface area (Å²) < 4.78 is 0. The van der Waals surface area contributed by atoms with E-state index in [1.165, 1.54) is 22.8 Å². The zero-order valence-corrected chi connectivity index (χ0v) is 13.0. The van der Waals surface area contributed by atoms with Gasteiger partial charge in [0.15, 0.2) is 0 Å². The molecule has 0 radical (unpaired) electrons. The Labute approximate surface area is 120 Å². The topological polar surface area (TPSA) is 12.5 Å². The maximum Gasteiger partial charge on any atom is 0.0885 e. The SMILES string of the molecule is C[C@@H]1ON(c2ccc(C(C)(C)C)cc2)[C@@H]2CSC[C@H]12. The lowest BCUT2D eigenvalue weighted by molar-refractivity contribution is 0.0855. The Morgan fingerprint density at radius 1 is 1.16 bits per heavy atom. The third-order valence-corrected chi connectivity index (χ3v) is 5.46. The second-order valence-corrected chi connectivity index (χ2v) is 7.78. The van der Waals surface area contributed by atoms with Gasteiger partial charge in [0.25, 0.3) is 0 Å². The van der Waals surface area contributed by atoms with Gasteiger partial charge in [0.05, 0.1) is 17.8 Å². The number of rotatable bonds is 1. The molecule has 3 atom stereocenters. The number of thioether (sulfide) groups is 1. The van der Waals surface area contributed by atoms with E-state index in [0.717, 1.165) is 0 Å². The van der Waals surface area contributed by atoms with Gasteiger partial charge in [-0.15, -0.1) is 0 Å². The molecule has 104 valence electrons. The summed E-state index contributed by atoms with van der Waals surface area (Å²) in [7, 11) is 0. The molecule has 2 fully saturated rings. The second kappa shape index (κ2) is 4.71. The zero-order valence-electron chi connectivity index (χ0n) is 12.2. The molecular formula is C16H23NOS. The van der Waals surface area contributed by atoms with Gasteiger partial charge in [-0.25, -0.2) is 5.06 Å². The highest BCUT2D eigenvalue weighted by atomic mass is 32.2. The molecular weight excluding hydrogens is 254 g/mol. The van der Waals surface area contributed by atoms with Crippen LogP contribution >= 0.6 is 11.8 Å². The van der Waals surface area contributed by atoms with Crippen LogP contribution in [0.5, 0.6) is 0 Å². The first-order chi connectivity index (χ1) is 8.97. The van der Waals surface area contributed by atoms with Crippen LogP contribution in [0.15, 0.2) is 24.3 Å². The average molecular weight is 277 g/mol. The number of anilines is 1. The normalized spacial score (nSPS) is 30.7. The Hall–Kier alpha value is -0.670. The minimum Gasteiger partial charge on any atom is -0.270 e. The van der Waals surface area contributed by atoms with Gasteiger partial charge in [0, 0.05) is 17.4 Å². The molecule has 0 bridgehead atoms. The highest BCUT2D eigenvalue weighted by Gasteiger charge is 2.44. The van der Waals surface area contributed by atoms with Crippen molar-refractivity contribution in [1.29, 1.82) is 0 Å². The molecule has 0 saturated carbocycles. The molecule has 1 aromatic rings. The lowest BCUT2D eigenvalue weighted by Gasteiger charge is -2.25. The van der Waals surface area contributed by atoms with Crippen LogP contribution in [-0.2, 0) is 10.3 Å². The molecule has 0 aromatic heterocycles. The van der Waals surface area contributed by atoms with E-state index in [0.29, 0.717) is 18.1 Å².